The summed E-state index contributed by atoms with van der Waals surface area (Å²) in [6, 6.07) is 4.26. The maximum atomic E-state index is 11.2. The number of benzene rings is 1. The van der Waals surface area contributed by atoms with Crippen LogP contribution in [0, 0.1) is 0 Å². The maximum Gasteiger partial charge on any atom is 0.335 e. The molecular formula is C18H24O8. The molecule has 0 spiro atoms. The van der Waals surface area contributed by atoms with Crippen molar-refractivity contribution in [3.05, 3.63) is 41.0 Å². The van der Waals surface area contributed by atoms with E-state index in [1.165, 1.54) is 18.2 Å². The second-order valence-electron chi connectivity index (χ2n) is 6.43. The quantitative estimate of drug-likeness (QED) is 0.445. The van der Waals surface area contributed by atoms with E-state index in [9.17, 15) is 25.2 Å². The van der Waals surface area contributed by atoms with Crippen molar-refractivity contribution in [2.24, 2.45) is 0 Å². The Balaban J connectivity index is 2.29. The van der Waals surface area contributed by atoms with E-state index in [0.717, 1.165) is 5.57 Å². The molecule has 0 aromatic heterocycles. The van der Waals surface area contributed by atoms with Gasteiger partial charge in [0.1, 0.15) is 30.2 Å². The average molecular weight is 368 g/mol. The first kappa shape index (κ1) is 20.3. The summed E-state index contributed by atoms with van der Waals surface area (Å²) in [5, 5.41) is 48.2. The number of rotatable bonds is 6. The minimum absolute atomic E-state index is 0.0864. The Morgan fingerprint density at radius 3 is 2.46 bits per heavy atom. The van der Waals surface area contributed by atoms with Crippen LogP contribution in [0.3, 0.4) is 0 Å². The van der Waals surface area contributed by atoms with Gasteiger partial charge in [-0.2, -0.15) is 0 Å². The number of ether oxygens (including phenoxy) is 2. The van der Waals surface area contributed by atoms with Crippen LogP contribution in [0.1, 0.15) is 29.8 Å². The number of carbonyl (C=O) groups is 1. The van der Waals surface area contributed by atoms with Crippen molar-refractivity contribution in [1.82, 2.24) is 0 Å². The zero-order valence-corrected chi connectivity index (χ0v) is 14.6. The van der Waals surface area contributed by atoms with Gasteiger partial charge in [0.25, 0.3) is 0 Å². The molecule has 1 fully saturated rings. The summed E-state index contributed by atoms with van der Waals surface area (Å²) in [6.07, 6.45) is -4.69. The third kappa shape index (κ3) is 4.60. The number of aliphatic hydroxyl groups excluding tert-OH is 4. The van der Waals surface area contributed by atoms with Crippen LogP contribution in [0.2, 0.25) is 0 Å². The summed E-state index contributed by atoms with van der Waals surface area (Å²) in [4.78, 5) is 11.2. The van der Waals surface area contributed by atoms with Gasteiger partial charge < -0.3 is 35.0 Å². The Bertz CT molecular complexity index is 665. The van der Waals surface area contributed by atoms with Gasteiger partial charge in [0.05, 0.1) is 12.2 Å². The van der Waals surface area contributed by atoms with Gasteiger partial charge in [0.2, 0.25) is 6.29 Å². The zero-order chi connectivity index (χ0) is 19.4. The second kappa shape index (κ2) is 8.61. The highest BCUT2D eigenvalue weighted by Gasteiger charge is 2.44. The van der Waals surface area contributed by atoms with Crippen LogP contribution in [-0.4, -0.2) is 68.8 Å². The van der Waals surface area contributed by atoms with Crippen LogP contribution in [-0.2, 0) is 11.2 Å². The topological polar surface area (TPSA) is 137 Å². The summed E-state index contributed by atoms with van der Waals surface area (Å²) in [5.74, 6) is -0.806. The van der Waals surface area contributed by atoms with E-state index in [-0.39, 0.29) is 11.3 Å². The van der Waals surface area contributed by atoms with Gasteiger partial charge in [-0.1, -0.05) is 11.6 Å². The first-order valence-electron chi connectivity index (χ1n) is 8.21. The molecule has 5 N–H and O–H groups in total. The lowest BCUT2D eigenvalue weighted by atomic mass is 9.99. The third-order valence-electron chi connectivity index (χ3n) is 4.13. The summed E-state index contributed by atoms with van der Waals surface area (Å²) in [5.41, 5.74) is 1.68. The molecule has 2 rings (SSSR count). The van der Waals surface area contributed by atoms with Crippen molar-refractivity contribution in [3.8, 4) is 5.75 Å². The van der Waals surface area contributed by atoms with E-state index >= 15 is 0 Å². The molecule has 5 atom stereocenters. The van der Waals surface area contributed by atoms with Gasteiger partial charge in [-0.15, -0.1) is 0 Å². The fourth-order valence-electron chi connectivity index (χ4n) is 2.59. The summed E-state index contributed by atoms with van der Waals surface area (Å²) < 4.78 is 11.0. The molecule has 0 aliphatic carbocycles. The van der Waals surface area contributed by atoms with Crippen LogP contribution in [0.4, 0.5) is 0 Å². The molecule has 0 radical (unpaired) electrons. The summed E-state index contributed by atoms with van der Waals surface area (Å²) in [7, 11) is 0. The number of hydrogen-bond donors (Lipinski definition) is 5. The van der Waals surface area contributed by atoms with E-state index in [1.807, 2.05) is 19.9 Å². The van der Waals surface area contributed by atoms with Crippen LogP contribution >= 0.6 is 0 Å². The third-order valence-corrected chi connectivity index (χ3v) is 4.13. The van der Waals surface area contributed by atoms with Crippen molar-refractivity contribution in [1.29, 1.82) is 0 Å². The lowest BCUT2D eigenvalue weighted by Crippen LogP contribution is -2.60. The number of carboxylic acids is 1. The smallest absolute Gasteiger partial charge is 0.335 e. The molecular weight excluding hydrogens is 344 g/mol. The lowest BCUT2D eigenvalue weighted by molar-refractivity contribution is -0.277. The molecule has 1 aliphatic rings. The summed E-state index contributed by atoms with van der Waals surface area (Å²) in [6.45, 7) is 3.24. The van der Waals surface area contributed by atoms with E-state index in [4.69, 9.17) is 14.6 Å². The standard InChI is InChI=1S/C18H24O8/c1-9(2)3-4-10-7-11(17(23)24)5-6-12(10)25-18-16(22)15(21)14(20)13(8-19)26-18/h3,5-7,13-16,18-22H,4,8H2,1-2H3,(H,23,24). The Hall–Kier alpha value is -1.97. The SMILES string of the molecule is CC(C)=CCc1cc(C(=O)O)ccc1OC1OC(CO)C(O)C(O)C1O. The van der Waals surface area contributed by atoms with Crippen LogP contribution in [0.5, 0.6) is 5.75 Å². The zero-order valence-electron chi connectivity index (χ0n) is 14.6. The predicted molar refractivity (Wildman–Crippen MR) is 90.9 cm³/mol. The molecule has 0 amide bonds. The van der Waals surface area contributed by atoms with Gasteiger partial charge in [-0.25, -0.2) is 4.79 Å². The molecule has 8 nitrogen and oxygen atoms in total. The van der Waals surface area contributed by atoms with E-state index in [0.29, 0.717) is 12.0 Å². The Morgan fingerprint density at radius 1 is 1.19 bits per heavy atom. The highest BCUT2D eigenvalue weighted by Crippen LogP contribution is 2.28. The second-order valence-corrected chi connectivity index (χ2v) is 6.43. The first-order valence-corrected chi connectivity index (χ1v) is 8.21. The fourth-order valence-corrected chi connectivity index (χ4v) is 2.59. The van der Waals surface area contributed by atoms with Crippen molar-refractivity contribution >= 4 is 5.97 Å². The Labute approximate surface area is 150 Å². The van der Waals surface area contributed by atoms with Gasteiger partial charge in [-0.3, -0.25) is 0 Å². The monoisotopic (exact) mass is 368 g/mol. The highest BCUT2D eigenvalue weighted by molar-refractivity contribution is 5.88. The maximum absolute atomic E-state index is 11.2. The number of hydrogen-bond acceptors (Lipinski definition) is 7. The molecule has 8 heteroatoms. The molecule has 26 heavy (non-hydrogen) atoms. The van der Waals surface area contributed by atoms with E-state index in [1.54, 1.807) is 0 Å². The number of allylic oxidation sites excluding steroid dienone is 2. The number of aromatic carboxylic acids is 1. The molecule has 144 valence electrons. The number of aliphatic hydroxyl groups is 4. The highest BCUT2D eigenvalue weighted by atomic mass is 16.7. The van der Waals surface area contributed by atoms with Crippen LogP contribution in [0.15, 0.2) is 29.8 Å². The average Bonchev–Trinajstić information content (AvgIpc) is 2.60. The van der Waals surface area contributed by atoms with Crippen molar-refractivity contribution in [2.75, 3.05) is 6.61 Å². The molecule has 1 aliphatic heterocycles. The van der Waals surface area contributed by atoms with Gasteiger partial charge in [-0.05, 0) is 44.0 Å². The minimum Gasteiger partial charge on any atom is -0.478 e. The lowest BCUT2D eigenvalue weighted by Gasteiger charge is -2.39. The van der Waals surface area contributed by atoms with E-state index < -0.39 is 43.3 Å². The van der Waals surface area contributed by atoms with Crippen molar-refractivity contribution in [3.63, 3.8) is 0 Å². The Kier molecular flexibility index (Phi) is 6.74. The Morgan fingerprint density at radius 2 is 1.88 bits per heavy atom. The van der Waals surface area contributed by atoms with Gasteiger partial charge in [0, 0.05) is 0 Å². The molecule has 0 bridgehead atoms. The molecule has 1 aromatic carbocycles. The normalized spacial score (nSPS) is 28.5. The van der Waals surface area contributed by atoms with Gasteiger partial charge in [0.15, 0.2) is 0 Å². The fraction of sp³-hybridized carbons (Fsp3) is 0.500. The molecule has 1 heterocycles. The van der Waals surface area contributed by atoms with Crippen molar-refractivity contribution in [2.45, 2.75) is 51.0 Å². The van der Waals surface area contributed by atoms with E-state index in [2.05, 4.69) is 0 Å². The molecule has 5 unspecified atom stereocenters. The van der Waals surface area contributed by atoms with Crippen LogP contribution < -0.4 is 4.74 Å². The summed E-state index contributed by atoms with van der Waals surface area (Å²) >= 11 is 0. The number of carboxylic acid groups (broad SMARTS) is 1. The first-order chi connectivity index (χ1) is 12.2. The van der Waals surface area contributed by atoms with Crippen LogP contribution in [0.25, 0.3) is 0 Å². The van der Waals surface area contributed by atoms with Gasteiger partial charge >= 0.3 is 5.97 Å². The molecule has 0 saturated carbocycles. The van der Waals surface area contributed by atoms with Crippen molar-refractivity contribution < 1.29 is 39.8 Å². The molecule has 1 saturated heterocycles. The predicted octanol–water partition coefficient (Wildman–Crippen LogP) is 0.0722. The largest absolute Gasteiger partial charge is 0.478 e. The minimum atomic E-state index is -1.55. The molecule has 1 aromatic rings.